The van der Waals surface area contributed by atoms with Crippen LogP contribution in [0, 0.1) is 6.92 Å². The first-order chi connectivity index (χ1) is 9.38. The summed E-state index contributed by atoms with van der Waals surface area (Å²) in [5, 5.41) is 20.0. The highest BCUT2D eigenvalue weighted by Crippen LogP contribution is 2.26. The van der Waals surface area contributed by atoms with Gasteiger partial charge in [-0.3, -0.25) is 0 Å². The molecule has 0 saturated heterocycles. The Morgan fingerprint density at radius 2 is 2.15 bits per heavy atom. The van der Waals surface area contributed by atoms with E-state index in [9.17, 15) is 13.2 Å². The number of aromatic nitrogens is 4. The van der Waals surface area contributed by atoms with Crippen molar-refractivity contribution in [2.75, 3.05) is 5.75 Å². The quantitative estimate of drug-likeness (QED) is 0.875. The first-order valence-corrected chi connectivity index (χ1v) is 6.59. The fourth-order valence-electron chi connectivity index (χ4n) is 1.44. The number of tetrazole rings is 1. The summed E-state index contributed by atoms with van der Waals surface area (Å²) >= 11 is 0.746. The summed E-state index contributed by atoms with van der Waals surface area (Å²) in [6.45, 7) is 1.88. The maximum atomic E-state index is 12.2. The Morgan fingerprint density at radius 3 is 2.80 bits per heavy atom. The molecule has 0 spiro atoms. The monoisotopic (exact) mass is 304 g/mol. The number of aliphatic hydroxyl groups is 1. The van der Waals surface area contributed by atoms with Crippen LogP contribution < -0.4 is 0 Å². The van der Waals surface area contributed by atoms with Gasteiger partial charge < -0.3 is 5.11 Å². The van der Waals surface area contributed by atoms with Crippen LogP contribution in [0.25, 0.3) is 5.69 Å². The van der Waals surface area contributed by atoms with Crippen molar-refractivity contribution in [2.24, 2.45) is 0 Å². The van der Waals surface area contributed by atoms with Crippen LogP contribution in [0.15, 0.2) is 29.4 Å². The zero-order chi connectivity index (χ0) is 14.8. The summed E-state index contributed by atoms with van der Waals surface area (Å²) in [5.74, 6) is -0.560. The van der Waals surface area contributed by atoms with Gasteiger partial charge in [0.15, 0.2) is 6.10 Å². The maximum absolute atomic E-state index is 12.2. The Kier molecular flexibility index (Phi) is 4.29. The van der Waals surface area contributed by atoms with Gasteiger partial charge in [0.1, 0.15) is 0 Å². The molecule has 5 nitrogen and oxygen atoms in total. The molecule has 2 aromatic rings. The summed E-state index contributed by atoms with van der Waals surface area (Å²) in [4.78, 5) is 0. The Balaban J connectivity index is 2.14. The second kappa shape index (κ2) is 5.80. The van der Waals surface area contributed by atoms with E-state index in [4.69, 9.17) is 5.11 Å². The van der Waals surface area contributed by atoms with E-state index < -0.39 is 18.0 Å². The standard InChI is InChI=1S/C11H11F3N4OS/c1-7-3-2-4-8(5-7)18-10(15-16-17-18)20-6-9(19)11(12,13)14/h2-5,9,19H,6H2,1H3/t9-/m0/s1. The third-order valence-corrected chi connectivity index (χ3v) is 3.43. The zero-order valence-corrected chi connectivity index (χ0v) is 11.2. The number of hydrogen-bond acceptors (Lipinski definition) is 5. The second-order valence-electron chi connectivity index (χ2n) is 4.08. The molecule has 0 aliphatic carbocycles. The molecule has 0 aliphatic rings. The van der Waals surface area contributed by atoms with E-state index in [0.29, 0.717) is 5.69 Å². The van der Waals surface area contributed by atoms with Crippen molar-refractivity contribution < 1.29 is 18.3 Å². The fourth-order valence-corrected chi connectivity index (χ4v) is 2.29. The van der Waals surface area contributed by atoms with Gasteiger partial charge in [-0.2, -0.15) is 17.9 Å². The summed E-state index contributed by atoms with van der Waals surface area (Å²) in [7, 11) is 0. The molecule has 0 unspecified atom stereocenters. The smallest absolute Gasteiger partial charge is 0.383 e. The largest absolute Gasteiger partial charge is 0.415 e. The third kappa shape index (κ3) is 3.48. The van der Waals surface area contributed by atoms with Crippen LogP contribution in [-0.2, 0) is 0 Å². The van der Waals surface area contributed by atoms with E-state index in [0.717, 1.165) is 17.3 Å². The predicted molar refractivity (Wildman–Crippen MR) is 66.7 cm³/mol. The number of halogens is 3. The number of thioether (sulfide) groups is 1. The van der Waals surface area contributed by atoms with Crippen molar-refractivity contribution in [3.8, 4) is 5.69 Å². The lowest BCUT2D eigenvalue weighted by Crippen LogP contribution is -2.30. The van der Waals surface area contributed by atoms with Gasteiger partial charge in [0.2, 0.25) is 5.16 Å². The molecule has 0 saturated carbocycles. The Bertz CT molecular complexity index is 587. The fraction of sp³-hybridized carbons (Fsp3) is 0.364. The van der Waals surface area contributed by atoms with Crippen LogP contribution in [0.4, 0.5) is 13.2 Å². The molecule has 0 bridgehead atoms. The van der Waals surface area contributed by atoms with Crippen molar-refractivity contribution in [1.29, 1.82) is 0 Å². The molecule has 108 valence electrons. The summed E-state index contributed by atoms with van der Waals surface area (Å²) < 4.78 is 38.0. The SMILES string of the molecule is Cc1cccc(-n2nnnc2SC[C@H](O)C(F)(F)F)c1. The number of benzene rings is 1. The number of nitrogens with zero attached hydrogens (tertiary/aromatic N) is 4. The zero-order valence-electron chi connectivity index (χ0n) is 10.4. The van der Waals surface area contributed by atoms with E-state index in [1.165, 1.54) is 4.68 Å². The topological polar surface area (TPSA) is 63.8 Å². The summed E-state index contributed by atoms with van der Waals surface area (Å²) in [5.41, 5.74) is 1.63. The molecule has 1 aromatic heterocycles. The minimum absolute atomic E-state index is 0.193. The average Bonchev–Trinajstić information content (AvgIpc) is 2.83. The number of aryl methyl sites for hydroxylation is 1. The van der Waals surface area contributed by atoms with E-state index in [-0.39, 0.29) is 5.16 Å². The molecule has 1 atom stereocenters. The molecule has 1 aromatic carbocycles. The molecule has 0 fully saturated rings. The van der Waals surface area contributed by atoms with E-state index >= 15 is 0 Å². The number of aliphatic hydroxyl groups excluding tert-OH is 1. The van der Waals surface area contributed by atoms with Crippen LogP contribution in [-0.4, -0.2) is 43.3 Å². The molecular formula is C11H11F3N4OS. The third-order valence-electron chi connectivity index (χ3n) is 2.44. The van der Waals surface area contributed by atoms with Crippen molar-refractivity contribution in [3.05, 3.63) is 29.8 Å². The van der Waals surface area contributed by atoms with Gasteiger partial charge in [-0.25, -0.2) is 0 Å². The predicted octanol–water partition coefficient (Wildman–Crippen LogP) is 1.99. The Labute approximate surface area is 116 Å². The molecule has 1 N–H and O–H groups in total. The van der Waals surface area contributed by atoms with Crippen LogP contribution >= 0.6 is 11.8 Å². The highest BCUT2D eigenvalue weighted by atomic mass is 32.2. The van der Waals surface area contributed by atoms with Crippen LogP contribution in [0.2, 0.25) is 0 Å². The molecule has 9 heteroatoms. The second-order valence-corrected chi connectivity index (χ2v) is 5.07. The first kappa shape index (κ1) is 14.8. The lowest BCUT2D eigenvalue weighted by Gasteiger charge is -2.13. The number of rotatable bonds is 4. The highest BCUT2D eigenvalue weighted by Gasteiger charge is 2.38. The van der Waals surface area contributed by atoms with Crippen LogP contribution in [0.1, 0.15) is 5.56 Å². The summed E-state index contributed by atoms with van der Waals surface area (Å²) in [6.07, 6.45) is -7.05. The normalized spacial score (nSPS) is 13.4. The van der Waals surface area contributed by atoms with Gasteiger partial charge in [-0.15, -0.1) is 5.10 Å². The number of hydrogen-bond donors (Lipinski definition) is 1. The highest BCUT2D eigenvalue weighted by molar-refractivity contribution is 7.99. The molecule has 0 aliphatic heterocycles. The van der Waals surface area contributed by atoms with Crippen LogP contribution in [0.5, 0.6) is 0 Å². The van der Waals surface area contributed by atoms with Gasteiger partial charge in [-0.1, -0.05) is 23.9 Å². The van der Waals surface area contributed by atoms with Crippen molar-refractivity contribution >= 4 is 11.8 Å². The summed E-state index contributed by atoms with van der Waals surface area (Å²) in [6, 6.07) is 7.23. The van der Waals surface area contributed by atoms with Gasteiger partial charge >= 0.3 is 6.18 Å². The van der Waals surface area contributed by atoms with Crippen molar-refractivity contribution in [1.82, 2.24) is 20.2 Å². The average molecular weight is 304 g/mol. The van der Waals surface area contributed by atoms with Gasteiger partial charge in [0.25, 0.3) is 0 Å². The van der Waals surface area contributed by atoms with E-state index in [1.54, 1.807) is 18.2 Å². The van der Waals surface area contributed by atoms with Crippen molar-refractivity contribution in [2.45, 2.75) is 24.4 Å². The minimum Gasteiger partial charge on any atom is -0.383 e. The molecule has 20 heavy (non-hydrogen) atoms. The lowest BCUT2D eigenvalue weighted by molar-refractivity contribution is -0.195. The van der Waals surface area contributed by atoms with E-state index in [2.05, 4.69) is 15.5 Å². The molecule has 0 radical (unpaired) electrons. The van der Waals surface area contributed by atoms with Gasteiger partial charge in [-0.05, 0) is 35.0 Å². The Morgan fingerprint density at radius 1 is 1.40 bits per heavy atom. The van der Waals surface area contributed by atoms with Crippen LogP contribution in [0.3, 0.4) is 0 Å². The lowest BCUT2D eigenvalue weighted by atomic mass is 10.2. The molecule has 1 heterocycles. The van der Waals surface area contributed by atoms with E-state index in [1.807, 2.05) is 13.0 Å². The number of alkyl halides is 3. The molecular weight excluding hydrogens is 293 g/mol. The van der Waals surface area contributed by atoms with Crippen molar-refractivity contribution in [3.63, 3.8) is 0 Å². The molecule has 0 amide bonds. The minimum atomic E-state index is -4.64. The first-order valence-electron chi connectivity index (χ1n) is 5.61. The Hall–Kier alpha value is -1.61. The maximum Gasteiger partial charge on any atom is 0.415 e. The van der Waals surface area contributed by atoms with Gasteiger partial charge in [0, 0.05) is 5.75 Å². The van der Waals surface area contributed by atoms with Gasteiger partial charge in [0.05, 0.1) is 5.69 Å². The molecule has 2 rings (SSSR count).